The van der Waals surface area contributed by atoms with Gasteiger partial charge in [0, 0.05) is 11.5 Å². The highest BCUT2D eigenvalue weighted by atomic mass is 19.4. The number of aromatic nitrogens is 2. The van der Waals surface area contributed by atoms with Crippen LogP contribution in [0.1, 0.15) is 35.6 Å². The Kier molecular flexibility index (Phi) is 6.73. The lowest BCUT2D eigenvalue weighted by Gasteiger charge is -2.18. The Bertz CT molecular complexity index is 1420. The molecule has 178 valence electrons. The number of benzene rings is 3. The van der Waals surface area contributed by atoms with Gasteiger partial charge in [0.1, 0.15) is 5.75 Å². The average Bonchev–Trinajstić information content (AvgIpc) is 3.28. The first-order valence-electron chi connectivity index (χ1n) is 10.8. The van der Waals surface area contributed by atoms with Gasteiger partial charge in [-0.15, -0.1) is 13.2 Å². The molecule has 1 heterocycles. The SMILES string of the molecule is CC/C(=C(/c1ccc(/C=C/C(=O)O)cc1)c1ccc2[nH]ncc2c1)c1cccc(OC(F)(F)F)c1. The summed E-state index contributed by atoms with van der Waals surface area (Å²) in [6.45, 7) is 1.94. The van der Waals surface area contributed by atoms with Crippen molar-refractivity contribution in [2.75, 3.05) is 0 Å². The molecule has 0 aliphatic heterocycles. The maximum absolute atomic E-state index is 12.8. The van der Waals surface area contributed by atoms with E-state index < -0.39 is 12.3 Å². The average molecular weight is 478 g/mol. The number of nitrogens with zero attached hydrogens (tertiary/aromatic N) is 1. The molecule has 0 unspecified atom stereocenters. The summed E-state index contributed by atoms with van der Waals surface area (Å²) < 4.78 is 42.6. The number of aromatic amines is 1. The lowest BCUT2D eigenvalue weighted by Crippen LogP contribution is -2.17. The maximum atomic E-state index is 12.8. The number of halogens is 3. The summed E-state index contributed by atoms with van der Waals surface area (Å²) in [6, 6.07) is 19.0. The van der Waals surface area contributed by atoms with Crippen LogP contribution in [0.2, 0.25) is 0 Å². The van der Waals surface area contributed by atoms with Crippen LogP contribution >= 0.6 is 0 Å². The minimum absolute atomic E-state index is 0.292. The van der Waals surface area contributed by atoms with Crippen LogP contribution in [0.15, 0.2) is 79.0 Å². The Morgan fingerprint density at radius 1 is 1.03 bits per heavy atom. The minimum Gasteiger partial charge on any atom is -0.478 e. The van der Waals surface area contributed by atoms with Gasteiger partial charge >= 0.3 is 12.3 Å². The van der Waals surface area contributed by atoms with Crippen molar-refractivity contribution in [1.82, 2.24) is 10.2 Å². The highest BCUT2D eigenvalue weighted by molar-refractivity contribution is 6.00. The highest BCUT2D eigenvalue weighted by Gasteiger charge is 2.31. The van der Waals surface area contributed by atoms with E-state index in [1.165, 1.54) is 24.3 Å². The van der Waals surface area contributed by atoms with Gasteiger partial charge in [-0.3, -0.25) is 5.10 Å². The first-order valence-corrected chi connectivity index (χ1v) is 10.8. The predicted octanol–water partition coefficient (Wildman–Crippen LogP) is 6.93. The van der Waals surface area contributed by atoms with Gasteiger partial charge in [-0.25, -0.2) is 4.79 Å². The lowest BCUT2D eigenvalue weighted by atomic mass is 9.87. The Morgan fingerprint density at radius 3 is 2.46 bits per heavy atom. The molecule has 0 saturated heterocycles. The van der Waals surface area contributed by atoms with Crippen LogP contribution in [0.25, 0.3) is 28.1 Å². The van der Waals surface area contributed by atoms with E-state index in [0.717, 1.165) is 39.3 Å². The summed E-state index contributed by atoms with van der Waals surface area (Å²) >= 11 is 0. The molecule has 0 atom stereocenters. The number of hydrogen-bond donors (Lipinski definition) is 2. The quantitative estimate of drug-likeness (QED) is 0.223. The van der Waals surface area contributed by atoms with Crippen LogP contribution in [-0.4, -0.2) is 27.6 Å². The van der Waals surface area contributed by atoms with Crippen LogP contribution in [-0.2, 0) is 4.79 Å². The number of H-pyrrole nitrogens is 1. The third-order valence-electron chi connectivity index (χ3n) is 5.42. The summed E-state index contributed by atoms with van der Waals surface area (Å²) in [6.07, 6.45) is 0.00560. The summed E-state index contributed by atoms with van der Waals surface area (Å²) in [5.74, 6) is -1.34. The highest BCUT2D eigenvalue weighted by Crippen LogP contribution is 2.37. The molecule has 0 amide bonds. The number of carboxylic acid groups (broad SMARTS) is 1. The first kappa shape index (κ1) is 23.8. The predicted molar refractivity (Wildman–Crippen MR) is 129 cm³/mol. The van der Waals surface area contributed by atoms with Gasteiger partial charge in [0.2, 0.25) is 0 Å². The number of hydrogen-bond acceptors (Lipinski definition) is 3. The standard InChI is InChI=1S/C27H21F3N2O3/c1-2-23(19-4-3-5-22(15-19)35-27(28,29)30)26(20-11-12-24-21(14-20)16-31-32-24)18-9-6-17(7-10-18)8-13-25(33)34/h3-16H,2H2,1H3,(H,31,32)(H,33,34)/b13-8+,26-23+. The number of alkyl halides is 3. The number of nitrogens with one attached hydrogen (secondary N) is 1. The molecule has 0 saturated carbocycles. The molecule has 2 N–H and O–H groups in total. The Labute approximate surface area is 199 Å². The third-order valence-corrected chi connectivity index (χ3v) is 5.42. The maximum Gasteiger partial charge on any atom is 0.573 e. The van der Waals surface area contributed by atoms with Gasteiger partial charge in [0.15, 0.2) is 0 Å². The van der Waals surface area contributed by atoms with Gasteiger partial charge < -0.3 is 9.84 Å². The summed E-state index contributed by atoms with van der Waals surface area (Å²) in [7, 11) is 0. The molecule has 0 radical (unpaired) electrons. The van der Waals surface area contributed by atoms with Crippen LogP contribution in [0.4, 0.5) is 13.2 Å². The third kappa shape index (κ3) is 5.78. The molecule has 8 heteroatoms. The van der Waals surface area contributed by atoms with Crippen molar-refractivity contribution in [1.29, 1.82) is 0 Å². The second-order valence-corrected chi connectivity index (χ2v) is 7.75. The van der Waals surface area contributed by atoms with E-state index in [4.69, 9.17) is 5.11 Å². The van der Waals surface area contributed by atoms with Gasteiger partial charge in [0.25, 0.3) is 0 Å². The molecule has 0 aliphatic rings. The van der Waals surface area contributed by atoms with E-state index in [1.807, 2.05) is 37.3 Å². The van der Waals surface area contributed by atoms with Crippen molar-refractivity contribution >= 4 is 34.1 Å². The minimum atomic E-state index is -4.79. The van der Waals surface area contributed by atoms with E-state index in [1.54, 1.807) is 24.4 Å². The Morgan fingerprint density at radius 2 is 1.77 bits per heavy atom. The second-order valence-electron chi connectivity index (χ2n) is 7.75. The van der Waals surface area contributed by atoms with E-state index in [0.29, 0.717) is 17.5 Å². The smallest absolute Gasteiger partial charge is 0.478 e. The number of carboxylic acids is 1. The fourth-order valence-electron chi connectivity index (χ4n) is 3.95. The molecule has 0 bridgehead atoms. The van der Waals surface area contributed by atoms with Crippen LogP contribution < -0.4 is 4.74 Å². The number of carbonyl (C=O) groups is 1. The van der Waals surface area contributed by atoms with E-state index >= 15 is 0 Å². The van der Waals surface area contributed by atoms with Crippen molar-refractivity contribution in [3.8, 4) is 5.75 Å². The van der Waals surface area contributed by atoms with Gasteiger partial charge in [-0.05, 0) is 70.2 Å². The number of fused-ring (bicyclic) bond motifs is 1. The summed E-state index contributed by atoms with van der Waals surface area (Å²) in [5.41, 5.74) is 5.54. The van der Waals surface area contributed by atoms with E-state index in [9.17, 15) is 18.0 Å². The summed E-state index contributed by atoms with van der Waals surface area (Å²) in [5, 5.41) is 16.8. The second kappa shape index (κ2) is 9.89. The van der Waals surface area contributed by atoms with Crippen LogP contribution in [0.5, 0.6) is 5.75 Å². The fourth-order valence-corrected chi connectivity index (χ4v) is 3.95. The fraction of sp³-hybridized carbons (Fsp3) is 0.111. The topological polar surface area (TPSA) is 75.2 Å². The monoisotopic (exact) mass is 478 g/mol. The van der Waals surface area contributed by atoms with Gasteiger partial charge in [-0.2, -0.15) is 5.10 Å². The van der Waals surface area contributed by atoms with Crippen LogP contribution in [0.3, 0.4) is 0 Å². The number of allylic oxidation sites excluding steroid dienone is 1. The van der Waals surface area contributed by atoms with E-state index in [-0.39, 0.29) is 5.75 Å². The van der Waals surface area contributed by atoms with E-state index in [2.05, 4.69) is 14.9 Å². The normalized spacial score (nSPS) is 12.7. The van der Waals surface area contributed by atoms with Crippen molar-refractivity contribution in [3.63, 3.8) is 0 Å². The van der Waals surface area contributed by atoms with Crippen molar-refractivity contribution < 1.29 is 27.8 Å². The molecule has 4 aromatic rings. The van der Waals surface area contributed by atoms with Crippen molar-refractivity contribution in [2.45, 2.75) is 19.7 Å². The molecule has 4 rings (SSSR count). The Hall–Kier alpha value is -4.33. The molecule has 1 aromatic heterocycles. The number of aliphatic carboxylic acids is 1. The van der Waals surface area contributed by atoms with Gasteiger partial charge in [0.05, 0.1) is 11.7 Å². The molecule has 0 spiro atoms. The molecular weight excluding hydrogens is 457 g/mol. The number of ether oxygens (including phenoxy) is 1. The molecule has 5 nitrogen and oxygen atoms in total. The number of rotatable bonds is 7. The summed E-state index contributed by atoms with van der Waals surface area (Å²) in [4.78, 5) is 10.8. The zero-order valence-corrected chi connectivity index (χ0v) is 18.6. The molecular formula is C27H21F3N2O3. The first-order chi connectivity index (χ1) is 16.7. The zero-order valence-electron chi connectivity index (χ0n) is 18.6. The van der Waals surface area contributed by atoms with Crippen LogP contribution in [0, 0.1) is 0 Å². The molecule has 3 aromatic carbocycles. The zero-order chi connectivity index (χ0) is 25.0. The molecule has 0 fully saturated rings. The largest absolute Gasteiger partial charge is 0.573 e. The molecule has 0 aliphatic carbocycles. The molecule has 35 heavy (non-hydrogen) atoms. The van der Waals surface area contributed by atoms with Crippen molar-refractivity contribution in [2.24, 2.45) is 0 Å². The Balaban J connectivity index is 1.89. The van der Waals surface area contributed by atoms with Gasteiger partial charge in [-0.1, -0.05) is 49.4 Å². The van der Waals surface area contributed by atoms with Crippen molar-refractivity contribution in [3.05, 3.63) is 101 Å². The lowest BCUT2D eigenvalue weighted by molar-refractivity contribution is -0.274.